The molecule has 2 aromatic rings. The van der Waals surface area contributed by atoms with Gasteiger partial charge in [0.2, 0.25) is 0 Å². The van der Waals surface area contributed by atoms with Gasteiger partial charge in [-0.05, 0) is 36.1 Å². The first kappa shape index (κ1) is 23.9. The molecule has 0 aliphatic carbocycles. The van der Waals surface area contributed by atoms with E-state index in [1.807, 2.05) is 60.7 Å². The van der Waals surface area contributed by atoms with Crippen molar-refractivity contribution in [1.29, 1.82) is 0 Å². The number of nitrogens with zero attached hydrogens (tertiary/aromatic N) is 4. The Morgan fingerprint density at radius 1 is 0.714 bits per heavy atom. The fourth-order valence-electron chi connectivity index (χ4n) is 3.54. The van der Waals surface area contributed by atoms with Crippen LogP contribution in [-0.4, -0.2) is 60.8 Å². The third-order valence-corrected chi connectivity index (χ3v) is 5.43. The fourth-order valence-corrected chi connectivity index (χ4v) is 3.54. The van der Waals surface area contributed by atoms with Crippen molar-refractivity contribution in [2.24, 2.45) is 9.98 Å². The van der Waals surface area contributed by atoms with E-state index in [0.717, 1.165) is 11.1 Å². The zero-order valence-electron chi connectivity index (χ0n) is 19.3. The second-order valence-corrected chi connectivity index (χ2v) is 7.88. The van der Waals surface area contributed by atoms with E-state index < -0.39 is 0 Å². The summed E-state index contributed by atoms with van der Waals surface area (Å²) < 4.78 is 0. The van der Waals surface area contributed by atoms with Gasteiger partial charge >= 0.3 is 0 Å². The van der Waals surface area contributed by atoms with E-state index in [-0.39, 0.29) is 24.9 Å². The van der Waals surface area contributed by atoms with E-state index in [1.54, 1.807) is 12.2 Å². The summed E-state index contributed by atoms with van der Waals surface area (Å²) in [4.78, 5) is 40.9. The number of hydroxylamine groups is 4. The number of benzene rings is 2. The van der Waals surface area contributed by atoms with Gasteiger partial charge in [-0.3, -0.25) is 19.6 Å². The highest BCUT2D eigenvalue weighted by Crippen LogP contribution is 2.12. The maximum atomic E-state index is 13.3. The Kier molecular flexibility index (Phi) is 8.39. The van der Waals surface area contributed by atoms with Gasteiger partial charge in [0.25, 0.3) is 11.8 Å². The summed E-state index contributed by atoms with van der Waals surface area (Å²) in [6.45, 7) is 1.30. The molecule has 0 fully saturated rings. The van der Waals surface area contributed by atoms with Gasteiger partial charge in [-0.2, -0.15) is 10.1 Å². The van der Waals surface area contributed by atoms with Crippen LogP contribution in [0.15, 0.2) is 94.2 Å². The van der Waals surface area contributed by atoms with Crippen LogP contribution in [0.4, 0.5) is 0 Å². The Morgan fingerprint density at radius 2 is 1.14 bits per heavy atom. The molecule has 2 aromatic carbocycles. The topological polar surface area (TPSA) is 98.6 Å². The predicted molar refractivity (Wildman–Crippen MR) is 134 cm³/mol. The normalized spacial score (nSPS) is 14.3. The van der Waals surface area contributed by atoms with E-state index in [4.69, 9.17) is 4.94 Å². The largest absolute Gasteiger partial charge is 0.342 e. The molecule has 0 unspecified atom stereocenters. The Bertz CT molecular complexity index is 1040. The predicted octanol–water partition coefficient (Wildman–Crippen LogP) is 2.01. The third-order valence-electron chi connectivity index (χ3n) is 5.43. The molecule has 0 atom stereocenters. The quantitative estimate of drug-likeness (QED) is 0.516. The van der Waals surface area contributed by atoms with Gasteiger partial charge in [-0.1, -0.05) is 60.7 Å². The highest BCUT2D eigenvalue weighted by Gasteiger charge is 2.27. The van der Waals surface area contributed by atoms with Crippen molar-refractivity contribution >= 4 is 24.5 Å². The van der Waals surface area contributed by atoms with Gasteiger partial charge in [0, 0.05) is 0 Å². The molecule has 4 rings (SSSR count). The first-order valence-corrected chi connectivity index (χ1v) is 11.5. The smallest absolute Gasteiger partial charge is 0.295 e. The van der Waals surface area contributed by atoms with Crippen LogP contribution in [0.2, 0.25) is 0 Å². The average molecular weight is 473 g/mol. The summed E-state index contributed by atoms with van der Waals surface area (Å²) in [5, 5.41) is 8.20. The Labute approximate surface area is 204 Å². The van der Waals surface area contributed by atoms with Crippen molar-refractivity contribution in [3.05, 3.63) is 95.3 Å². The average Bonchev–Trinajstić information content (AvgIpc) is 2.94. The van der Waals surface area contributed by atoms with Crippen LogP contribution in [0, 0.1) is 0 Å². The summed E-state index contributed by atoms with van der Waals surface area (Å²) in [7, 11) is 0. The second-order valence-electron chi connectivity index (χ2n) is 7.88. The molecule has 2 aliphatic rings. The van der Waals surface area contributed by atoms with E-state index in [1.165, 1.54) is 22.8 Å². The monoisotopic (exact) mass is 472 g/mol. The van der Waals surface area contributed by atoms with Crippen molar-refractivity contribution in [2.45, 2.75) is 12.8 Å². The molecule has 0 radical (unpaired) electrons. The van der Waals surface area contributed by atoms with Crippen LogP contribution in [0.5, 0.6) is 0 Å². The molecule has 2 aliphatic heterocycles. The molecular weight excluding hydrogens is 444 g/mol. The molecular formula is C26H28N6O3. The molecule has 9 heteroatoms. The maximum absolute atomic E-state index is 13.3. The first-order valence-electron chi connectivity index (χ1n) is 11.5. The van der Waals surface area contributed by atoms with Crippen molar-refractivity contribution in [2.75, 3.05) is 26.2 Å². The number of hydrogen-bond acceptors (Lipinski definition) is 7. The van der Waals surface area contributed by atoms with Crippen LogP contribution in [0.3, 0.4) is 0 Å². The van der Waals surface area contributed by atoms with Crippen molar-refractivity contribution in [3.63, 3.8) is 0 Å². The SMILES string of the molecule is O=C(C1=CCN=CN1)N(CCc1ccccc1)ON(CCc1ccccc1)C(=O)C1=CCN=CN1. The highest BCUT2D eigenvalue weighted by molar-refractivity contribution is 5.96. The lowest BCUT2D eigenvalue weighted by Crippen LogP contribution is -2.47. The molecule has 0 saturated heterocycles. The molecule has 0 spiro atoms. The summed E-state index contributed by atoms with van der Waals surface area (Å²) in [6.07, 6.45) is 7.47. The zero-order chi connectivity index (χ0) is 24.3. The first-order chi connectivity index (χ1) is 17.2. The standard InChI is InChI=1S/C26H28N6O3/c33-25(23-11-15-27-19-29-23)31(17-13-21-7-3-1-4-8-21)35-32(18-14-22-9-5-2-6-10-22)26(34)24-12-16-28-20-30-24/h1-12,19-20H,13-18H2,(H,27,29)(H,28,30). The van der Waals surface area contributed by atoms with Gasteiger partial charge < -0.3 is 10.6 Å². The minimum Gasteiger partial charge on any atom is -0.342 e. The summed E-state index contributed by atoms with van der Waals surface area (Å²) in [6, 6.07) is 19.6. The number of amides is 2. The molecule has 9 nitrogen and oxygen atoms in total. The maximum Gasteiger partial charge on any atom is 0.295 e. The number of nitrogens with one attached hydrogen (secondary N) is 2. The third kappa shape index (κ3) is 6.87. The molecule has 2 heterocycles. The van der Waals surface area contributed by atoms with Crippen LogP contribution in [0.25, 0.3) is 0 Å². The number of carbonyl (C=O) groups is 2. The Balaban J connectivity index is 1.54. The summed E-state index contributed by atoms with van der Waals surface area (Å²) >= 11 is 0. The molecule has 0 saturated carbocycles. The van der Waals surface area contributed by atoms with Crippen LogP contribution < -0.4 is 10.6 Å². The molecule has 2 N–H and O–H groups in total. The lowest BCUT2D eigenvalue weighted by Gasteiger charge is -2.30. The molecule has 0 aromatic heterocycles. The lowest BCUT2D eigenvalue weighted by molar-refractivity contribution is -0.293. The van der Waals surface area contributed by atoms with Crippen molar-refractivity contribution in [1.82, 2.24) is 20.8 Å². The Hall–Kier alpha value is -4.24. The number of carbonyl (C=O) groups excluding carboxylic acids is 2. The van der Waals surface area contributed by atoms with Gasteiger partial charge in [0.05, 0.1) is 38.9 Å². The highest BCUT2D eigenvalue weighted by atomic mass is 16.8. The minimum absolute atomic E-state index is 0.252. The molecule has 0 bridgehead atoms. The van der Waals surface area contributed by atoms with Gasteiger partial charge in [-0.25, -0.2) is 0 Å². The second kappa shape index (κ2) is 12.3. The lowest BCUT2D eigenvalue weighted by atomic mass is 10.1. The van der Waals surface area contributed by atoms with Crippen molar-refractivity contribution < 1.29 is 14.5 Å². The molecule has 2 amide bonds. The molecule has 180 valence electrons. The Morgan fingerprint density at radius 3 is 1.51 bits per heavy atom. The van der Waals surface area contributed by atoms with Crippen LogP contribution in [0.1, 0.15) is 11.1 Å². The van der Waals surface area contributed by atoms with Crippen LogP contribution >= 0.6 is 0 Å². The summed E-state index contributed by atoms with van der Waals surface area (Å²) in [5.41, 5.74) is 2.81. The number of rotatable bonds is 10. The van der Waals surface area contributed by atoms with E-state index in [2.05, 4.69) is 20.6 Å². The van der Waals surface area contributed by atoms with Gasteiger partial charge in [0.1, 0.15) is 11.4 Å². The fraction of sp³-hybridized carbons (Fsp3) is 0.231. The number of hydrogen-bond donors (Lipinski definition) is 2. The van der Waals surface area contributed by atoms with Gasteiger partial charge in [0.15, 0.2) is 0 Å². The van der Waals surface area contributed by atoms with E-state index >= 15 is 0 Å². The van der Waals surface area contributed by atoms with E-state index in [9.17, 15) is 9.59 Å². The zero-order valence-corrected chi connectivity index (χ0v) is 19.3. The minimum atomic E-state index is -0.378. The van der Waals surface area contributed by atoms with Crippen molar-refractivity contribution in [3.8, 4) is 0 Å². The number of aliphatic imine (C=N–C) groups is 2. The summed E-state index contributed by atoms with van der Waals surface area (Å²) in [5.74, 6) is -0.756. The van der Waals surface area contributed by atoms with Gasteiger partial charge in [-0.15, -0.1) is 4.94 Å². The molecule has 35 heavy (non-hydrogen) atoms. The van der Waals surface area contributed by atoms with Crippen LogP contribution in [-0.2, 0) is 27.4 Å². The van der Waals surface area contributed by atoms with E-state index in [0.29, 0.717) is 37.3 Å².